The van der Waals surface area contributed by atoms with E-state index in [-0.39, 0.29) is 69.7 Å². The molecule has 0 unspecified atom stereocenters. The first-order chi connectivity index (χ1) is 25.9. The molecular weight excluding hydrogens is 746 g/mol. The molecule has 0 saturated carbocycles. The van der Waals surface area contributed by atoms with Crippen LogP contribution in [0.3, 0.4) is 0 Å². The van der Waals surface area contributed by atoms with E-state index in [2.05, 4.69) is 8.83 Å². The number of hydrogen-bond acceptors (Lipinski definition) is 11. The lowest BCUT2D eigenvalue weighted by atomic mass is 10.1. The van der Waals surface area contributed by atoms with Crippen LogP contribution in [0.2, 0.25) is 0 Å². The Kier molecular flexibility index (Phi) is 12.5. The van der Waals surface area contributed by atoms with E-state index in [4.69, 9.17) is 9.52 Å². The number of ketones is 3. The molecule has 0 radical (unpaired) electrons. The summed E-state index contributed by atoms with van der Waals surface area (Å²) >= 11 is 0. The minimum absolute atomic E-state index is 0.0564. The number of carbonyl (C=O) groups excluding carboxylic acids is 3. The summed E-state index contributed by atoms with van der Waals surface area (Å²) in [5, 5.41) is 19.9. The Balaban J connectivity index is 0.000000184. The van der Waals surface area contributed by atoms with Crippen LogP contribution in [0.25, 0.3) is 32.9 Å². The van der Waals surface area contributed by atoms with Gasteiger partial charge in [0.2, 0.25) is 5.82 Å². The minimum Gasteiger partial charge on any atom is -0.868 e. The van der Waals surface area contributed by atoms with Gasteiger partial charge in [-0.15, -0.1) is 0 Å². The van der Waals surface area contributed by atoms with Crippen LogP contribution in [0.1, 0.15) is 83.6 Å². The van der Waals surface area contributed by atoms with E-state index in [0.717, 1.165) is 30.3 Å². The Labute approximate surface area is 304 Å². The summed E-state index contributed by atoms with van der Waals surface area (Å²) in [7, 11) is 0. The first-order valence-electron chi connectivity index (χ1n) is 16.2. The second-order valence-corrected chi connectivity index (χ2v) is 11.5. The molecule has 0 spiro atoms. The SMILES string of the molecule is CCC(=O)c1cc2cc(F)c(CC)c(F)c2oc1=O.CCC(=O)c1cc2cc(F)c(O)c(F)c2oc1=O.CCC(=O)c1cc2cc(F)c([O-])c(F)c2oc1=O. The molecule has 0 bridgehead atoms. The molecule has 0 aliphatic carbocycles. The van der Waals surface area contributed by atoms with Gasteiger partial charge < -0.3 is 23.5 Å². The maximum absolute atomic E-state index is 14.0. The van der Waals surface area contributed by atoms with Gasteiger partial charge in [0, 0.05) is 41.0 Å². The topological polar surface area (TPSA) is 185 Å². The van der Waals surface area contributed by atoms with Gasteiger partial charge in [-0.2, -0.15) is 4.39 Å². The maximum Gasteiger partial charge on any atom is 0.347 e. The van der Waals surface area contributed by atoms with Crippen molar-refractivity contribution in [3.8, 4) is 11.5 Å². The van der Waals surface area contributed by atoms with Gasteiger partial charge in [0.05, 0.1) is 0 Å². The minimum atomic E-state index is -1.47. The van der Waals surface area contributed by atoms with E-state index in [1.165, 1.54) is 13.0 Å². The number of halogens is 6. The summed E-state index contributed by atoms with van der Waals surface area (Å²) in [6, 6.07) is 5.86. The molecule has 288 valence electrons. The Hall–Kier alpha value is -6.52. The average Bonchev–Trinajstić information content (AvgIpc) is 3.16. The van der Waals surface area contributed by atoms with Gasteiger partial charge in [-0.3, -0.25) is 14.4 Å². The molecule has 0 saturated heterocycles. The fourth-order valence-electron chi connectivity index (χ4n) is 5.07. The van der Waals surface area contributed by atoms with Crippen molar-refractivity contribution in [2.24, 2.45) is 0 Å². The molecule has 0 aliphatic heterocycles. The molecule has 11 nitrogen and oxygen atoms in total. The predicted octanol–water partition coefficient (Wildman–Crippen LogP) is 7.33. The van der Waals surface area contributed by atoms with Crippen molar-refractivity contribution >= 4 is 50.3 Å². The molecular formula is C38H27F6O11-. The van der Waals surface area contributed by atoms with E-state index in [9.17, 15) is 60.2 Å². The average molecular weight is 774 g/mol. The van der Waals surface area contributed by atoms with E-state index < -0.39 is 91.8 Å². The van der Waals surface area contributed by atoms with Crippen molar-refractivity contribution in [1.29, 1.82) is 0 Å². The van der Waals surface area contributed by atoms with E-state index >= 15 is 0 Å². The number of Topliss-reactive ketones (excluding diaryl/α,β-unsaturated/α-hetero) is 3. The number of rotatable bonds is 7. The highest BCUT2D eigenvalue weighted by Crippen LogP contribution is 2.29. The van der Waals surface area contributed by atoms with Crippen LogP contribution >= 0.6 is 0 Å². The third-order valence-electron chi connectivity index (χ3n) is 8.00. The number of phenols is 1. The monoisotopic (exact) mass is 773 g/mol. The number of fused-ring (bicyclic) bond motifs is 3. The Bertz CT molecular complexity index is 2590. The first kappa shape index (κ1) is 41.2. The largest absolute Gasteiger partial charge is 0.868 e. The lowest BCUT2D eigenvalue weighted by Crippen LogP contribution is -2.13. The zero-order valence-corrected chi connectivity index (χ0v) is 29.1. The molecule has 0 aliphatic rings. The summed E-state index contributed by atoms with van der Waals surface area (Å²) in [6.07, 6.45) is 0.390. The van der Waals surface area contributed by atoms with Crippen molar-refractivity contribution in [1.82, 2.24) is 0 Å². The lowest BCUT2D eigenvalue weighted by Gasteiger charge is -2.10. The molecule has 3 aromatic heterocycles. The van der Waals surface area contributed by atoms with Crippen molar-refractivity contribution in [2.75, 3.05) is 0 Å². The van der Waals surface area contributed by atoms with Gasteiger partial charge in [-0.05, 0) is 48.6 Å². The molecule has 17 heteroatoms. The summed E-state index contributed by atoms with van der Waals surface area (Å²) in [5.74, 6) is -11.0. The predicted molar refractivity (Wildman–Crippen MR) is 182 cm³/mol. The number of phenolic OH excluding ortho intramolecular Hbond substituents is 1. The number of aromatic hydroxyl groups is 1. The zero-order chi connectivity index (χ0) is 41.0. The smallest absolute Gasteiger partial charge is 0.347 e. The van der Waals surface area contributed by atoms with Crippen LogP contribution in [-0.2, 0) is 6.42 Å². The van der Waals surface area contributed by atoms with Gasteiger partial charge in [-0.1, -0.05) is 27.7 Å². The second-order valence-electron chi connectivity index (χ2n) is 11.5. The van der Waals surface area contributed by atoms with Crippen molar-refractivity contribution < 1.29 is 64.2 Å². The molecule has 55 heavy (non-hydrogen) atoms. The Morgan fingerprint density at radius 1 is 0.545 bits per heavy atom. The molecule has 0 fully saturated rings. The highest BCUT2D eigenvalue weighted by atomic mass is 19.2. The third-order valence-corrected chi connectivity index (χ3v) is 8.00. The standard InChI is InChI=1S/C14H12F2O3.2C12H8F2O4/c1-3-8-10(15)6-7-5-9(11(17)4-2)14(18)19-13(7)12(8)16;2*1-2-8(15)6-3-5-4-7(13)10(16)9(14)11(5)18-12(6)17/h5-6H,3-4H2,1-2H3;2*3-4,16H,2H2,1H3/p-1. The third kappa shape index (κ3) is 8.19. The zero-order valence-electron chi connectivity index (χ0n) is 29.1. The first-order valence-corrected chi connectivity index (χ1v) is 16.2. The summed E-state index contributed by atoms with van der Waals surface area (Å²) < 4.78 is 94.6. The summed E-state index contributed by atoms with van der Waals surface area (Å²) in [6.45, 7) is 6.27. The van der Waals surface area contributed by atoms with Crippen LogP contribution in [0.5, 0.6) is 11.5 Å². The molecule has 0 amide bonds. The highest BCUT2D eigenvalue weighted by molar-refractivity contribution is 5.99. The summed E-state index contributed by atoms with van der Waals surface area (Å²) in [4.78, 5) is 68.9. The summed E-state index contributed by atoms with van der Waals surface area (Å²) in [5.41, 5.74) is -5.35. The van der Waals surface area contributed by atoms with Gasteiger partial charge in [0.15, 0.2) is 57.3 Å². The second kappa shape index (κ2) is 16.7. The van der Waals surface area contributed by atoms with E-state index in [1.807, 2.05) is 0 Å². The quantitative estimate of drug-likeness (QED) is 0.0973. The number of hydrogen-bond donors (Lipinski definition) is 1. The van der Waals surface area contributed by atoms with Crippen molar-refractivity contribution in [3.05, 3.63) is 125 Å². The van der Waals surface area contributed by atoms with Crippen LogP contribution in [0.15, 0.2) is 64.0 Å². The molecule has 3 heterocycles. The lowest BCUT2D eigenvalue weighted by molar-refractivity contribution is -0.276. The highest BCUT2D eigenvalue weighted by Gasteiger charge is 2.21. The van der Waals surface area contributed by atoms with E-state index in [0.29, 0.717) is 0 Å². The number of benzene rings is 3. The van der Waals surface area contributed by atoms with Crippen LogP contribution in [0.4, 0.5) is 26.3 Å². The maximum atomic E-state index is 14.0. The Morgan fingerprint density at radius 3 is 1.27 bits per heavy atom. The fourth-order valence-corrected chi connectivity index (χ4v) is 5.07. The molecule has 6 rings (SSSR count). The van der Waals surface area contributed by atoms with E-state index in [1.54, 1.807) is 20.8 Å². The van der Waals surface area contributed by atoms with Crippen molar-refractivity contribution in [2.45, 2.75) is 53.4 Å². The molecule has 6 aromatic rings. The van der Waals surface area contributed by atoms with Gasteiger partial charge in [0.25, 0.3) is 0 Å². The molecule has 3 aromatic carbocycles. The molecule has 0 atom stereocenters. The normalized spacial score (nSPS) is 10.9. The fraction of sp³-hybridized carbons (Fsp3) is 0.211. The van der Waals surface area contributed by atoms with Crippen LogP contribution in [0, 0.1) is 34.9 Å². The van der Waals surface area contributed by atoms with Crippen molar-refractivity contribution in [3.63, 3.8) is 0 Å². The molecule has 1 N–H and O–H groups in total. The van der Waals surface area contributed by atoms with Gasteiger partial charge in [0.1, 0.15) is 28.3 Å². The Morgan fingerprint density at radius 2 is 0.891 bits per heavy atom. The number of carbonyl (C=O) groups is 3. The van der Waals surface area contributed by atoms with Gasteiger partial charge >= 0.3 is 16.9 Å². The van der Waals surface area contributed by atoms with Crippen LogP contribution in [-0.4, -0.2) is 22.5 Å². The van der Waals surface area contributed by atoms with Gasteiger partial charge in [-0.25, -0.2) is 36.3 Å². The van der Waals surface area contributed by atoms with Crippen LogP contribution < -0.4 is 22.0 Å².